The summed E-state index contributed by atoms with van der Waals surface area (Å²) in [4.78, 5) is 19.9. The Labute approximate surface area is 220 Å². The molecule has 202 valence electrons. The third-order valence-electron chi connectivity index (χ3n) is 6.92. The number of nitrogens with one attached hydrogen (secondary N) is 3. The van der Waals surface area contributed by atoms with Crippen molar-refractivity contribution in [1.82, 2.24) is 9.71 Å². The van der Waals surface area contributed by atoms with Crippen LogP contribution < -0.4 is 20.3 Å². The molecule has 1 amide bonds. The standard InChI is InChI=1S/C27H39N5O4S/c1-25(2,3)31-37(35,36)23-8-6-7-22(28-23)29-24(34)20-10-9-19(30-26(4,5)18-33)17-21(20)32-15-13-27(11-12-27)14-16-32/h6-10,17,30-31,33H,11-16,18H2,1-5H3,(H,28,29,34). The van der Waals surface area contributed by atoms with Crippen LogP contribution in [0.4, 0.5) is 17.2 Å². The number of hydrogen-bond acceptors (Lipinski definition) is 7. The maximum atomic E-state index is 13.5. The predicted octanol–water partition coefficient (Wildman–Crippen LogP) is 3.97. The number of aromatic nitrogens is 1. The van der Waals surface area contributed by atoms with Crippen molar-refractivity contribution in [3.8, 4) is 0 Å². The molecule has 2 aliphatic rings. The second-order valence-corrected chi connectivity index (χ2v) is 13.7. The average Bonchev–Trinajstić information content (AvgIpc) is 3.56. The second-order valence-electron chi connectivity index (χ2n) is 12.1. The van der Waals surface area contributed by atoms with E-state index < -0.39 is 21.1 Å². The van der Waals surface area contributed by atoms with Crippen molar-refractivity contribution in [2.75, 3.05) is 35.2 Å². The molecule has 1 saturated heterocycles. The lowest BCUT2D eigenvalue weighted by molar-refractivity contribution is 0.102. The molecule has 2 heterocycles. The zero-order valence-electron chi connectivity index (χ0n) is 22.4. The highest BCUT2D eigenvalue weighted by atomic mass is 32.2. The summed E-state index contributed by atoms with van der Waals surface area (Å²) in [5, 5.41) is 15.7. The van der Waals surface area contributed by atoms with Crippen molar-refractivity contribution in [2.45, 2.75) is 76.4 Å². The van der Waals surface area contributed by atoms with Gasteiger partial charge in [-0.25, -0.2) is 18.1 Å². The quantitative estimate of drug-likeness (QED) is 0.408. The molecule has 1 saturated carbocycles. The Morgan fingerprint density at radius 1 is 1.05 bits per heavy atom. The number of amides is 1. The van der Waals surface area contributed by atoms with E-state index in [9.17, 15) is 18.3 Å². The van der Waals surface area contributed by atoms with Gasteiger partial charge in [0.25, 0.3) is 15.9 Å². The molecule has 10 heteroatoms. The number of aliphatic hydroxyl groups excluding tert-OH is 1. The van der Waals surface area contributed by atoms with E-state index in [0.717, 1.165) is 37.3 Å². The van der Waals surface area contributed by atoms with Crippen molar-refractivity contribution >= 4 is 33.1 Å². The Morgan fingerprint density at radius 2 is 1.73 bits per heavy atom. The largest absolute Gasteiger partial charge is 0.394 e. The van der Waals surface area contributed by atoms with E-state index in [1.807, 2.05) is 26.0 Å². The molecule has 1 aliphatic carbocycles. The molecule has 4 N–H and O–H groups in total. The van der Waals surface area contributed by atoms with Gasteiger partial charge in [-0.3, -0.25) is 4.79 Å². The topological polar surface area (TPSA) is 124 Å². The van der Waals surface area contributed by atoms with Gasteiger partial charge in [-0.1, -0.05) is 6.07 Å². The number of nitrogens with zero attached hydrogens (tertiary/aromatic N) is 2. The van der Waals surface area contributed by atoms with Crippen LogP contribution in [-0.4, -0.2) is 55.2 Å². The van der Waals surface area contributed by atoms with E-state index in [0.29, 0.717) is 11.0 Å². The molecule has 2 fully saturated rings. The number of rotatable bonds is 8. The molecule has 2 aromatic rings. The summed E-state index contributed by atoms with van der Waals surface area (Å²) in [5.74, 6) is -0.201. The second kappa shape index (κ2) is 9.89. The molecular formula is C27H39N5O4S. The number of benzene rings is 1. The van der Waals surface area contributed by atoms with Crippen molar-refractivity contribution in [2.24, 2.45) is 5.41 Å². The number of pyridine rings is 1. The van der Waals surface area contributed by atoms with Gasteiger partial charge in [0.15, 0.2) is 5.03 Å². The molecule has 1 spiro atoms. The van der Waals surface area contributed by atoms with Crippen LogP contribution in [0.15, 0.2) is 41.4 Å². The van der Waals surface area contributed by atoms with Crippen LogP contribution in [0.25, 0.3) is 0 Å². The van der Waals surface area contributed by atoms with Crippen LogP contribution in [0.1, 0.15) is 70.7 Å². The van der Waals surface area contributed by atoms with Crippen molar-refractivity contribution in [3.63, 3.8) is 0 Å². The van der Waals surface area contributed by atoms with E-state index in [1.165, 1.54) is 18.9 Å². The smallest absolute Gasteiger partial charge is 0.258 e. The van der Waals surface area contributed by atoms with Crippen LogP contribution in [-0.2, 0) is 10.0 Å². The summed E-state index contributed by atoms with van der Waals surface area (Å²) in [6, 6.07) is 10.1. The van der Waals surface area contributed by atoms with Gasteiger partial charge in [-0.2, -0.15) is 0 Å². The number of anilines is 3. The van der Waals surface area contributed by atoms with Gasteiger partial charge in [0, 0.05) is 24.3 Å². The third kappa shape index (κ3) is 6.80. The summed E-state index contributed by atoms with van der Waals surface area (Å²) in [5.41, 5.74) is 1.43. The molecule has 37 heavy (non-hydrogen) atoms. The Hall–Kier alpha value is -2.69. The molecular weight excluding hydrogens is 490 g/mol. The number of piperidine rings is 1. The van der Waals surface area contributed by atoms with Crippen LogP contribution in [0.3, 0.4) is 0 Å². The zero-order chi connectivity index (χ0) is 27.1. The van der Waals surface area contributed by atoms with Crippen LogP contribution in [0.2, 0.25) is 0 Å². The first kappa shape index (κ1) is 27.3. The zero-order valence-corrected chi connectivity index (χ0v) is 23.2. The summed E-state index contributed by atoms with van der Waals surface area (Å²) in [6.45, 7) is 10.8. The fraction of sp³-hybridized carbons (Fsp3) is 0.556. The van der Waals surface area contributed by atoms with E-state index in [4.69, 9.17) is 0 Å². The van der Waals surface area contributed by atoms with Gasteiger partial charge in [0.2, 0.25) is 0 Å². The first-order valence-corrected chi connectivity index (χ1v) is 14.3. The minimum Gasteiger partial charge on any atom is -0.394 e. The van der Waals surface area contributed by atoms with Crippen LogP contribution >= 0.6 is 0 Å². The van der Waals surface area contributed by atoms with E-state index in [2.05, 4.69) is 25.2 Å². The molecule has 0 unspecified atom stereocenters. The van der Waals surface area contributed by atoms with Crippen LogP contribution in [0, 0.1) is 5.41 Å². The van der Waals surface area contributed by atoms with Crippen molar-refractivity contribution in [3.05, 3.63) is 42.0 Å². The summed E-state index contributed by atoms with van der Waals surface area (Å²) >= 11 is 0. The van der Waals surface area contributed by atoms with Gasteiger partial charge in [0.05, 0.1) is 23.4 Å². The highest BCUT2D eigenvalue weighted by Gasteiger charge is 2.44. The number of carbonyl (C=O) groups excluding carboxylic acids is 1. The molecule has 1 aromatic heterocycles. The number of carbonyl (C=O) groups is 1. The summed E-state index contributed by atoms with van der Waals surface area (Å²) in [7, 11) is -3.85. The Bertz CT molecular complexity index is 1260. The predicted molar refractivity (Wildman–Crippen MR) is 147 cm³/mol. The normalized spacial score (nSPS) is 17.5. The number of aliphatic hydroxyl groups is 1. The molecule has 0 atom stereocenters. The fourth-order valence-corrected chi connectivity index (χ4v) is 6.05. The molecule has 1 aliphatic heterocycles. The minimum atomic E-state index is -3.85. The van der Waals surface area contributed by atoms with Crippen molar-refractivity contribution in [1.29, 1.82) is 0 Å². The third-order valence-corrected chi connectivity index (χ3v) is 8.58. The molecule has 0 bridgehead atoms. The van der Waals surface area contributed by atoms with E-state index >= 15 is 0 Å². The fourth-order valence-electron chi connectivity index (χ4n) is 4.67. The van der Waals surface area contributed by atoms with E-state index in [1.54, 1.807) is 39.0 Å². The Morgan fingerprint density at radius 3 is 2.32 bits per heavy atom. The Kier molecular flexibility index (Phi) is 7.31. The highest BCUT2D eigenvalue weighted by molar-refractivity contribution is 7.89. The lowest BCUT2D eigenvalue weighted by Gasteiger charge is -2.35. The SMILES string of the molecule is CC(C)(C)NS(=O)(=O)c1cccc(NC(=O)c2ccc(NC(C)(C)CO)cc2N2CCC3(CC2)CC3)n1. The minimum absolute atomic E-state index is 0.0359. The molecule has 9 nitrogen and oxygen atoms in total. The van der Waals surface area contributed by atoms with Crippen molar-refractivity contribution < 1.29 is 18.3 Å². The number of sulfonamides is 1. The lowest BCUT2D eigenvalue weighted by Crippen LogP contribution is -2.40. The summed E-state index contributed by atoms with van der Waals surface area (Å²) in [6.07, 6.45) is 4.79. The molecule has 4 rings (SSSR count). The maximum Gasteiger partial charge on any atom is 0.258 e. The highest BCUT2D eigenvalue weighted by Crippen LogP contribution is 2.54. The van der Waals surface area contributed by atoms with Gasteiger partial charge >= 0.3 is 0 Å². The van der Waals surface area contributed by atoms with Gasteiger partial charge < -0.3 is 20.6 Å². The molecule has 0 radical (unpaired) electrons. The van der Waals surface area contributed by atoms with E-state index in [-0.39, 0.29) is 23.4 Å². The number of hydrogen-bond donors (Lipinski definition) is 4. The lowest BCUT2D eigenvalue weighted by atomic mass is 9.93. The maximum absolute atomic E-state index is 13.5. The Balaban J connectivity index is 1.60. The van der Waals surface area contributed by atoms with Crippen LogP contribution in [0.5, 0.6) is 0 Å². The van der Waals surface area contributed by atoms with Gasteiger partial charge in [-0.15, -0.1) is 0 Å². The van der Waals surface area contributed by atoms with Gasteiger partial charge in [-0.05, 0) is 96.0 Å². The average molecular weight is 530 g/mol. The first-order valence-electron chi connectivity index (χ1n) is 12.8. The molecule has 1 aromatic carbocycles. The monoisotopic (exact) mass is 529 g/mol. The summed E-state index contributed by atoms with van der Waals surface area (Å²) < 4.78 is 28.0. The van der Waals surface area contributed by atoms with Gasteiger partial charge in [0.1, 0.15) is 5.82 Å². The first-order chi connectivity index (χ1) is 17.2.